The lowest BCUT2D eigenvalue weighted by atomic mass is 10.1. The minimum atomic E-state index is -4.66. The van der Waals surface area contributed by atoms with Crippen LogP contribution in [-0.2, 0) is 28.8 Å². The first-order valence-electron chi connectivity index (χ1n) is 10.5. The fourth-order valence-corrected chi connectivity index (χ4v) is 3.66. The lowest BCUT2D eigenvalue weighted by molar-refractivity contribution is -0.711. The maximum atomic E-state index is 13.8. The van der Waals surface area contributed by atoms with Gasteiger partial charge in [0.05, 0.1) is 17.6 Å². The van der Waals surface area contributed by atoms with Crippen molar-refractivity contribution >= 4 is 19.3 Å². The number of nitrogens with one attached hydrogen (secondary N) is 1. The predicted molar refractivity (Wildman–Crippen MR) is 123 cm³/mol. The molecule has 0 unspecified atom stereocenters. The van der Waals surface area contributed by atoms with Crippen LogP contribution in [0.5, 0.6) is 0 Å². The van der Waals surface area contributed by atoms with E-state index in [4.69, 9.17) is 20.0 Å². The van der Waals surface area contributed by atoms with E-state index < -0.39 is 32.0 Å². The van der Waals surface area contributed by atoms with E-state index in [1.54, 1.807) is 30.3 Å². The molecule has 2 aromatic carbocycles. The molecule has 13 heteroatoms. The molecule has 4 aromatic rings. The Balaban J connectivity index is 1.40. The standard InChI is InChI=1S/C23H20F3N4O5P/c24-18-7-8-19(22(26)21(18)25)28-12-15-5-3-14(4-6-15)10-16-11-20(35-29-16)17-2-1-9-30(23(17)27)13-34-36(31,32)33/h1-9,11,27-28H,10,12-13H2,(H2,31,32,33)/p+1. The summed E-state index contributed by atoms with van der Waals surface area (Å²) in [5.41, 5.74) is 8.74. The molecule has 0 saturated carbocycles. The van der Waals surface area contributed by atoms with Gasteiger partial charge in [0.25, 0.3) is 5.82 Å². The number of nitrogens with two attached hydrogens (primary N) is 1. The average Bonchev–Trinajstić information content (AvgIpc) is 3.30. The Hall–Kier alpha value is -3.70. The van der Waals surface area contributed by atoms with E-state index in [9.17, 15) is 17.7 Å². The van der Waals surface area contributed by atoms with Crippen molar-refractivity contribution < 1.29 is 41.1 Å². The van der Waals surface area contributed by atoms with Gasteiger partial charge in [0.1, 0.15) is 5.56 Å². The number of aromatic nitrogens is 2. The van der Waals surface area contributed by atoms with Crippen molar-refractivity contribution in [1.29, 1.82) is 0 Å². The number of nitrogen functional groups attached to an aromatic ring is 1. The van der Waals surface area contributed by atoms with Crippen LogP contribution in [0.25, 0.3) is 11.3 Å². The highest BCUT2D eigenvalue weighted by molar-refractivity contribution is 7.46. The first-order valence-corrected chi connectivity index (χ1v) is 12.0. The molecule has 0 radical (unpaired) electrons. The molecule has 0 fully saturated rings. The van der Waals surface area contributed by atoms with Crippen LogP contribution < -0.4 is 15.6 Å². The number of phosphoric acid groups is 1. The van der Waals surface area contributed by atoms with Crippen molar-refractivity contribution in [2.24, 2.45) is 0 Å². The lowest BCUT2D eigenvalue weighted by Gasteiger charge is -2.09. The molecule has 4 rings (SSSR count). The Morgan fingerprint density at radius 3 is 2.50 bits per heavy atom. The van der Waals surface area contributed by atoms with Crippen molar-refractivity contribution in [3.8, 4) is 11.3 Å². The van der Waals surface area contributed by atoms with E-state index >= 15 is 0 Å². The number of pyridine rings is 1. The van der Waals surface area contributed by atoms with E-state index in [1.165, 1.54) is 10.8 Å². The summed E-state index contributed by atoms with van der Waals surface area (Å²) in [6, 6.07) is 14.3. The molecule has 0 aliphatic carbocycles. The van der Waals surface area contributed by atoms with Gasteiger partial charge in [0, 0.05) is 19.0 Å². The summed E-state index contributed by atoms with van der Waals surface area (Å²) in [6.45, 7) is -0.246. The van der Waals surface area contributed by atoms with E-state index in [0.29, 0.717) is 23.4 Å². The normalized spacial score (nSPS) is 11.6. The molecule has 0 saturated heterocycles. The third-order valence-electron chi connectivity index (χ3n) is 5.23. The van der Waals surface area contributed by atoms with Gasteiger partial charge in [-0.1, -0.05) is 29.4 Å². The molecule has 9 nitrogen and oxygen atoms in total. The Labute approximate surface area is 203 Å². The van der Waals surface area contributed by atoms with Gasteiger partial charge in [0.15, 0.2) is 23.2 Å². The maximum Gasteiger partial charge on any atom is 0.472 e. The van der Waals surface area contributed by atoms with Gasteiger partial charge < -0.3 is 19.6 Å². The Bertz CT molecular complexity index is 1430. The fourth-order valence-electron chi connectivity index (χ4n) is 3.39. The summed E-state index contributed by atoms with van der Waals surface area (Å²) in [5, 5.41) is 6.79. The van der Waals surface area contributed by atoms with Crippen LogP contribution in [0.2, 0.25) is 0 Å². The highest BCUT2D eigenvalue weighted by Gasteiger charge is 2.21. The number of hydrogen-bond acceptors (Lipinski definition) is 6. The van der Waals surface area contributed by atoms with Crippen molar-refractivity contribution in [3.05, 3.63) is 95.1 Å². The third kappa shape index (κ3) is 6.10. The molecular formula is C23H21F3N4O5P+. The van der Waals surface area contributed by atoms with Crippen LogP contribution >= 0.6 is 7.82 Å². The smallest absolute Gasteiger partial charge is 0.379 e. The minimum absolute atomic E-state index is 0.136. The van der Waals surface area contributed by atoms with Gasteiger partial charge in [0.2, 0.25) is 6.73 Å². The highest BCUT2D eigenvalue weighted by atomic mass is 31.2. The van der Waals surface area contributed by atoms with E-state index in [1.807, 2.05) is 12.1 Å². The highest BCUT2D eigenvalue weighted by Crippen LogP contribution is 2.35. The number of phosphoric ester groups is 1. The second-order valence-electron chi connectivity index (χ2n) is 7.78. The van der Waals surface area contributed by atoms with Crippen molar-refractivity contribution in [3.63, 3.8) is 0 Å². The topological polar surface area (TPSA) is 135 Å². The summed E-state index contributed by atoms with van der Waals surface area (Å²) in [7, 11) is -4.66. The summed E-state index contributed by atoms with van der Waals surface area (Å²) in [6.07, 6.45) is 1.94. The van der Waals surface area contributed by atoms with Crippen molar-refractivity contribution in [1.82, 2.24) is 5.16 Å². The zero-order valence-corrected chi connectivity index (χ0v) is 19.5. The zero-order valence-electron chi connectivity index (χ0n) is 18.6. The number of nitrogens with zero attached hydrogens (tertiary/aromatic N) is 2. The van der Waals surface area contributed by atoms with Gasteiger partial charge >= 0.3 is 7.82 Å². The van der Waals surface area contributed by atoms with E-state index in [-0.39, 0.29) is 18.1 Å². The molecule has 0 atom stereocenters. The van der Waals surface area contributed by atoms with Gasteiger partial charge in [-0.3, -0.25) is 5.73 Å². The lowest BCUT2D eigenvalue weighted by Crippen LogP contribution is -2.38. The summed E-state index contributed by atoms with van der Waals surface area (Å²) < 4.78 is 62.4. The Morgan fingerprint density at radius 1 is 1.06 bits per heavy atom. The van der Waals surface area contributed by atoms with Crippen LogP contribution in [0, 0.1) is 17.5 Å². The van der Waals surface area contributed by atoms with Crippen LogP contribution in [-0.4, -0.2) is 14.9 Å². The molecule has 0 amide bonds. The third-order valence-corrected chi connectivity index (χ3v) is 5.68. The largest absolute Gasteiger partial charge is 0.472 e. The van der Waals surface area contributed by atoms with Gasteiger partial charge in [-0.25, -0.2) is 26.8 Å². The fraction of sp³-hybridized carbons (Fsp3) is 0.130. The van der Waals surface area contributed by atoms with Crippen LogP contribution in [0.15, 0.2) is 65.3 Å². The molecular weight excluding hydrogens is 500 g/mol. The number of anilines is 2. The van der Waals surface area contributed by atoms with E-state index in [2.05, 4.69) is 15.0 Å². The second kappa shape index (κ2) is 10.5. The quantitative estimate of drug-likeness (QED) is 0.148. The SMILES string of the molecule is Nc1c(-c2cc(Cc3ccc(CNc4ccc(F)c(F)c4F)cc3)no2)ccc[n+]1COP(=O)(O)O. The molecule has 5 N–H and O–H groups in total. The minimum Gasteiger partial charge on any atom is -0.379 e. The van der Waals surface area contributed by atoms with Gasteiger partial charge in [-0.15, -0.1) is 0 Å². The number of hydrogen-bond donors (Lipinski definition) is 4. The zero-order chi connectivity index (χ0) is 25.9. The molecule has 36 heavy (non-hydrogen) atoms. The van der Waals surface area contributed by atoms with Gasteiger partial charge in [-0.05, 0) is 35.4 Å². The Morgan fingerprint density at radius 2 is 1.78 bits per heavy atom. The molecule has 2 aromatic heterocycles. The first-order chi connectivity index (χ1) is 17.1. The van der Waals surface area contributed by atoms with Crippen molar-refractivity contribution in [2.75, 3.05) is 11.1 Å². The van der Waals surface area contributed by atoms with Crippen LogP contribution in [0.3, 0.4) is 0 Å². The molecule has 188 valence electrons. The molecule has 2 heterocycles. The summed E-state index contributed by atoms with van der Waals surface area (Å²) in [4.78, 5) is 17.8. The van der Waals surface area contributed by atoms with Crippen LogP contribution in [0.1, 0.15) is 16.8 Å². The maximum absolute atomic E-state index is 13.8. The van der Waals surface area contributed by atoms with E-state index in [0.717, 1.165) is 23.3 Å². The predicted octanol–water partition coefficient (Wildman–Crippen LogP) is 3.90. The number of benzene rings is 2. The molecule has 0 spiro atoms. The molecule has 0 aliphatic heterocycles. The van der Waals surface area contributed by atoms with Crippen LogP contribution in [0.4, 0.5) is 24.7 Å². The second-order valence-corrected chi connectivity index (χ2v) is 9.02. The Kier molecular flexibility index (Phi) is 7.41. The van der Waals surface area contributed by atoms with Gasteiger partial charge in [-0.2, -0.15) is 0 Å². The number of rotatable bonds is 9. The molecule has 0 aliphatic rings. The molecule has 0 bridgehead atoms. The number of halogens is 3. The summed E-state index contributed by atoms with van der Waals surface area (Å²) in [5.74, 6) is -3.51. The van der Waals surface area contributed by atoms with Crippen molar-refractivity contribution in [2.45, 2.75) is 19.7 Å². The summed E-state index contributed by atoms with van der Waals surface area (Å²) >= 11 is 0. The monoisotopic (exact) mass is 521 g/mol. The first kappa shape index (κ1) is 25.4. The average molecular weight is 521 g/mol.